The summed E-state index contributed by atoms with van der Waals surface area (Å²) < 4.78 is 65.0. The number of halogens is 5. The zero-order valence-corrected chi connectivity index (χ0v) is 15.6. The lowest BCUT2D eigenvalue weighted by Crippen LogP contribution is -2.33. The molecule has 3 amide bonds. The Balaban J connectivity index is 1.87. The van der Waals surface area contributed by atoms with Crippen LogP contribution in [0.1, 0.15) is 28.9 Å². The maximum absolute atomic E-state index is 12.2. The number of carbonyl (C=O) groups is 2. The Morgan fingerprint density at radius 1 is 1.00 bits per heavy atom. The van der Waals surface area contributed by atoms with Crippen LogP contribution in [0.25, 0.3) is 0 Å². The fraction of sp³-hybridized carbons (Fsp3) is 0.263. The summed E-state index contributed by atoms with van der Waals surface area (Å²) in [4.78, 5) is 23.7. The van der Waals surface area contributed by atoms with Gasteiger partial charge in [-0.3, -0.25) is 4.79 Å². The zero-order chi connectivity index (χ0) is 22.3. The van der Waals surface area contributed by atoms with Crippen LogP contribution < -0.4 is 20.7 Å². The van der Waals surface area contributed by atoms with Crippen LogP contribution in [0.4, 0.5) is 32.4 Å². The predicted molar refractivity (Wildman–Crippen MR) is 98.5 cm³/mol. The first-order valence-corrected chi connectivity index (χ1v) is 8.61. The summed E-state index contributed by atoms with van der Waals surface area (Å²) in [7, 11) is 0. The Bertz CT molecular complexity index is 855. The van der Waals surface area contributed by atoms with E-state index < -0.39 is 37.3 Å². The lowest BCUT2D eigenvalue weighted by Gasteiger charge is -2.16. The second-order valence-corrected chi connectivity index (χ2v) is 6.14. The Hall–Kier alpha value is -3.37. The van der Waals surface area contributed by atoms with Gasteiger partial charge in [-0.2, -0.15) is 22.0 Å². The number of hydrogen-bond acceptors (Lipinski definition) is 3. The standard InChI is InChI=1S/C19H18F5N3O3/c1-11(12-4-8-15(9-5-12)30-17(20)21)26-18(29)27-14-6-2-13(3-7-14)16(28)25-10-19(22,23)24/h2-9,11,17H,10H2,1H3,(H,25,28)(H2,26,27,29). The molecular formula is C19H18F5N3O3. The molecule has 2 aromatic carbocycles. The first kappa shape index (κ1) is 22.9. The molecule has 0 aliphatic carbocycles. The molecule has 0 bridgehead atoms. The van der Waals surface area contributed by atoms with Crippen molar-refractivity contribution >= 4 is 17.6 Å². The average Bonchev–Trinajstić information content (AvgIpc) is 2.66. The lowest BCUT2D eigenvalue weighted by atomic mass is 10.1. The molecular weight excluding hydrogens is 413 g/mol. The summed E-state index contributed by atoms with van der Waals surface area (Å²) in [6, 6.07) is 9.97. The zero-order valence-electron chi connectivity index (χ0n) is 15.6. The molecule has 1 atom stereocenters. The summed E-state index contributed by atoms with van der Waals surface area (Å²) in [5.74, 6) is -0.902. The number of ether oxygens (including phenoxy) is 1. The smallest absolute Gasteiger partial charge is 0.405 e. The van der Waals surface area contributed by atoms with Gasteiger partial charge in [0, 0.05) is 11.3 Å². The van der Waals surface area contributed by atoms with Crippen LogP contribution in [0.2, 0.25) is 0 Å². The van der Waals surface area contributed by atoms with E-state index in [9.17, 15) is 31.5 Å². The number of amides is 3. The van der Waals surface area contributed by atoms with Crippen LogP contribution in [-0.4, -0.2) is 31.3 Å². The van der Waals surface area contributed by atoms with E-state index in [4.69, 9.17) is 0 Å². The van der Waals surface area contributed by atoms with Gasteiger partial charge in [-0.05, 0) is 48.9 Å². The molecule has 2 aromatic rings. The number of urea groups is 1. The molecule has 30 heavy (non-hydrogen) atoms. The highest BCUT2D eigenvalue weighted by Gasteiger charge is 2.27. The van der Waals surface area contributed by atoms with Gasteiger partial charge in [-0.25, -0.2) is 4.79 Å². The van der Waals surface area contributed by atoms with Crippen molar-refractivity contribution in [2.24, 2.45) is 0 Å². The molecule has 0 saturated heterocycles. The number of carbonyl (C=O) groups excluding carboxylic acids is 2. The summed E-state index contributed by atoms with van der Waals surface area (Å²) in [5, 5.41) is 6.90. The third kappa shape index (κ3) is 7.57. The van der Waals surface area contributed by atoms with E-state index in [-0.39, 0.29) is 11.3 Å². The van der Waals surface area contributed by atoms with Gasteiger partial charge >= 0.3 is 18.8 Å². The molecule has 0 saturated carbocycles. The van der Waals surface area contributed by atoms with E-state index in [1.165, 1.54) is 48.5 Å². The molecule has 6 nitrogen and oxygen atoms in total. The van der Waals surface area contributed by atoms with Crippen molar-refractivity contribution < 1.29 is 36.3 Å². The Kier molecular flexibility index (Phi) is 7.56. The second-order valence-electron chi connectivity index (χ2n) is 6.14. The van der Waals surface area contributed by atoms with Crippen molar-refractivity contribution in [3.05, 3.63) is 59.7 Å². The van der Waals surface area contributed by atoms with Gasteiger partial charge in [0.2, 0.25) is 0 Å². The maximum atomic E-state index is 12.2. The third-order valence-corrected chi connectivity index (χ3v) is 3.81. The van der Waals surface area contributed by atoms with Crippen molar-refractivity contribution in [1.82, 2.24) is 10.6 Å². The van der Waals surface area contributed by atoms with E-state index in [0.717, 1.165) is 0 Å². The molecule has 0 aromatic heterocycles. The van der Waals surface area contributed by atoms with Gasteiger partial charge in [0.15, 0.2) is 0 Å². The van der Waals surface area contributed by atoms with Crippen molar-refractivity contribution in [3.8, 4) is 5.75 Å². The minimum Gasteiger partial charge on any atom is -0.435 e. The minimum atomic E-state index is -4.51. The average molecular weight is 431 g/mol. The fourth-order valence-corrected chi connectivity index (χ4v) is 2.37. The second kappa shape index (κ2) is 9.90. The van der Waals surface area contributed by atoms with Gasteiger partial charge in [-0.15, -0.1) is 0 Å². The van der Waals surface area contributed by atoms with Crippen molar-refractivity contribution in [3.63, 3.8) is 0 Å². The molecule has 0 heterocycles. The molecule has 0 fully saturated rings. The number of hydrogen-bond donors (Lipinski definition) is 3. The van der Waals surface area contributed by atoms with Crippen LogP contribution in [0, 0.1) is 0 Å². The quantitative estimate of drug-likeness (QED) is 0.567. The molecule has 11 heteroatoms. The maximum Gasteiger partial charge on any atom is 0.405 e. The van der Waals surface area contributed by atoms with Crippen molar-refractivity contribution in [2.75, 3.05) is 11.9 Å². The highest BCUT2D eigenvalue weighted by atomic mass is 19.4. The molecule has 0 aliphatic heterocycles. The molecule has 0 aliphatic rings. The van der Waals surface area contributed by atoms with Crippen LogP contribution in [0.15, 0.2) is 48.5 Å². The Labute approximate surface area is 168 Å². The normalized spacial score (nSPS) is 12.2. The monoisotopic (exact) mass is 431 g/mol. The highest BCUT2D eigenvalue weighted by molar-refractivity contribution is 5.95. The number of benzene rings is 2. The minimum absolute atomic E-state index is 0.00434. The van der Waals surface area contributed by atoms with Gasteiger partial charge in [-0.1, -0.05) is 12.1 Å². The summed E-state index contributed by atoms with van der Waals surface area (Å²) >= 11 is 0. The van der Waals surface area contributed by atoms with Gasteiger partial charge < -0.3 is 20.7 Å². The number of nitrogens with one attached hydrogen (secondary N) is 3. The number of alkyl halides is 5. The van der Waals surface area contributed by atoms with Crippen LogP contribution >= 0.6 is 0 Å². The fourth-order valence-electron chi connectivity index (χ4n) is 2.37. The van der Waals surface area contributed by atoms with Gasteiger partial charge in [0.25, 0.3) is 5.91 Å². The molecule has 0 radical (unpaired) electrons. The van der Waals surface area contributed by atoms with E-state index in [0.29, 0.717) is 11.3 Å². The number of anilines is 1. The van der Waals surface area contributed by atoms with E-state index in [1.54, 1.807) is 12.2 Å². The molecule has 1 unspecified atom stereocenters. The van der Waals surface area contributed by atoms with Crippen LogP contribution in [0.5, 0.6) is 5.75 Å². The van der Waals surface area contributed by atoms with Crippen LogP contribution in [0.3, 0.4) is 0 Å². The topological polar surface area (TPSA) is 79.5 Å². The summed E-state index contributed by atoms with van der Waals surface area (Å²) in [5.41, 5.74) is 0.959. The molecule has 162 valence electrons. The SMILES string of the molecule is CC(NC(=O)Nc1ccc(C(=O)NCC(F)(F)F)cc1)c1ccc(OC(F)F)cc1. The summed E-state index contributed by atoms with van der Waals surface area (Å²) in [6.07, 6.45) is -4.51. The van der Waals surface area contributed by atoms with Crippen molar-refractivity contribution in [1.29, 1.82) is 0 Å². The molecule has 2 rings (SSSR count). The third-order valence-electron chi connectivity index (χ3n) is 3.81. The Morgan fingerprint density at radius 2 is 1.60 bits per heavy atom. The molecule has 3 N–H and O–H groups in total. The van der Waals surface area contributed by atoms with Crippen molar-refractivity contribution in [2.45, 2.75) is 25.8 Å². The summed E-state index contributed by atoms with van der Waals surface area (Å²) in [6.45, 7) is -2.70. The first-order chi connectivity index (χ1) is 14.0. The number of rotatable bonds is 7. The Morgan fingerprint density at radius 3 is 2.13 bits per heavy atom. The van der Waals surface area contributed by atoms with E-state index >= 15 is 0 Å². The first-order valence-electron chi connectivity index (χ1n) is 8.61. The molecule has 0 spiro atoms. The largest absolute Gasteiger partial charge is 0.435 e. The van der Waals surface area contributed by atoms with E-state index in [2.05, 4.69) is 15.4 Å². The lowest BCUT2D eigenvalue weighted by molar-refractivity contribution is -0.123. The van der Waals surface area contributed by atoms with Crippen LogP contribution in [-0.2, 0) is 0 Å². The van der Waals surface area contributed by atoms with E-state index in [1.807, 2.05) is 0 Å². The highest BCUT2D eigenvalue weighted by Crippen LogP contribution is 2.19. The van der Waals surface area contributed by atoms with Gasteiger partial charge in [0.1, 0.15) is 12.3 Å². The predicted octanol–water partition coefficient (Wildman–Crippen LogP) is 4.46. The van der Waals surface area contributed by atoms with Gasteiger partial charge in [0.05, 0.1) is 6.04 Å².